The molecular formula is C18H22N4O5S. The van der Waals surface area contributed by atoms with Crippen LogP contribution in [0.5, 0.6) is 0 Å². The van der Waals surface area contributed by atoms with Crippen LogP contribution in [0.1, 0.15) is 43.8 Å². The van der Waals surface area contributed by atoms with Crippen LogP contribution < -0.4 is 5.32 Å². The van der Waals surface area contributed by atoms with Crippen molar-refractivity contribution >= 4 is 34.3 Å². The number of amides is 2. The summed E-state index contributed by atoms with van der Waals surface area (Å²) in [5.41, 5.74) is 2.16. The molecule has 2 aromatic rings. The van der Waals surface area contributed by atoms with Gasteiger partial charge in [0.05, 0.1) is 25.8 Å². The molecule has 0 saturated heterocycles. The number of hydrogen-bond acceptors (Lipinski definition) is 7. The van der Waals surface area contributed by atoms with Crippen LogP contribution in [0.3, 0.4) is 0 Å². The molecule has 28 heavy (non-hydrogen) atoms. The van der Waals surface area contributed by atoms with E-state index < -0.39 is 18.0 Å². The number of nitrogens with one attached hydrogen (secondary N) is 1. The average molecular weight is 406 g/mol. The maximum atomic E-state index is 12.7. The molecular weight excluding hydrogens is 384 g/mol. The zero-order chi connectivity index (χ0) is 20.4. The third-order valence-corrected chi connectivity index (χ3v) is 5.56. The van der Waals surface area contributed by atoms with Crippen LogP contribution in [0.25, 0.3) is 0 Å². The number of thiophene rings is 1. The molecule has 0 spiro atoms. The second-order valence-electron chi connectivity index (χ2n) is 6.36. The number of carbonyl (C=O) groups is 3. The lowest BCUT2D eigenvalue weighted by atomic mass is 10.0. The Bertz CT molecular complexity index is 933. The van der Waals surface area contributed by atoms with Gasteiger partial charge in [0, 0.05) is 30.2 Å². The van der Waals surface area contributed by atoms with E-state index in [1.165, 1.54) is 18.4 Å². The molecule has 0 unspecified atom stereocenters. The van der Waals surface area contributed by atoms with E-state index in [0.29, 0.717) is 36.7 Å². The number of aryl methyl sites for hydroxylation is 2. The number of rotatable bonds is 4. The summed E-state index contributed by atoms with van der Waals surface area (Å²) in [4.78, 5) is 39.5. The Kier molecular flexibility index (Phi) is 5.68. The van der Waals surface area contributed by atoms with Crippen molar-refractivity contribution in [2.45, 2.75) is 26.8 Å². The van der Waals surface area contributed by atoms with Gasteiger partial charge in [0.25, 0.3) is 5.91 Å². The van der Waals surface area contributed by atoms with E-state index >= 15 is 0 Å². The molecule has 150 valence electrons. The van der Waals surface area contributed by atoms with Gasteiger partial charge >= 0.3 is 12.1 Å². The predicted octanol–water partition coefficient (Wildman–Crippen LogP) is 2.34. The van der Waals surface area contributed by atoms with Crippen LogP contribution in [0.15, 0.2) is 6.20 Å². The van der Waals surface area contributed by atoms with E-state index in [2.05, 4.69) is 10.4 Å². The first kappa shape index (κ1) is 19.9. The van der Waals surface area contributed by atoms with Crippen LogP contribution in [-0.2, 0) is 29.5 Å². The minimum Gasteiger partial charge on any atom is -0.465 e. The number of fused-ring (bicyclic) bond motifs is 1. The summed E-state index contributed by atoms with van der Waals surface area (Å²) >= 11 is 1.26. The van der Waals surface area contributed by atoms with Crippen LogP contribution in [0.2, 0.25) is 0 Å². The van der Waals surface area contributed by atoms with Crippen LogP contribution in [0, 0.1) is 6.92 Å². The third kappa shape index (κ3) is 3.72. The molecule has 0 aliphatic carbocycles. The first-order chi connectivity index (χ1) is 13.3. The lowest BCUT2D eigenvalue weighted by Crippen LogP contribution is -2.36. The summed E-state index contributed by atoms with van der Waals surface area (Å²) in [6.45, 7) is 4.59. The van der Waals surface area contributed by atoms with Crippen LogP contribution >= 0.6 is 11.3 Å². The normalized spacial score (nSPS) is 13.1. The molecule has 0 saturated carbocycles. The van der Waals surface area contributed by atoms with Gasteiger partial charge < -0.3 is 19.7 Å². The van der Waals surface area contributed by atoms with Gasteiger partial charge in [-0.2, -0.15) is 5.10 Å². The number of carbonyl (C=O) groups excluding carboxylic acids is 3. The number of methoxy groups -OCH3 is 1. The molecule has 0 radical (unpaired) electrons. The van der Waals surface area contributed by atoms with Crippen molar-refractivity contribution < 1.29 is 23.9 Å². The lowest BCUT2D eigenvalue weighted by molar-refractivity contribution is 0.0600. The van der Waals surface area contributed by atoms with E-state index in [-0.39, 0.29) is 5.69 Å². The third-order valence-electron chi connectivity index (χ3n) is 4.43. The highest BCUT2D eigenvalue weighted by molar-refractivity contribution is 7.17. The van der Waals surface area contributed by atoms with Gasteiger partial charge in [-0.3, -0.25) is 9.48 Å². The molecule has 3 rings (SSSR count). The molecule has 2 aromatic heterocycles. The Balaban J connectivity index is 1.91. The fourth-order valence-corrected chi connectivity index (χ4v) is 4.42. The van der Waals surface area contributed by atoms with Gasteiger partial charge in [-0.1, -0.05) is 0 Å². The number of ether oxygens (including phenoxy) is 2. The van der Waals surface area contributed by atoms with Crippen molar-refractivity contribution in [1.29, 1.82) is 0 Å². The number of nitrogens with zero attached hydrogens (tertiary/aromatic N) is 3. The van der Waals surface area contributed by atoms with E-state index in [4.69, 9.17) is 9.47 Å². The summed E-state index contributed by atoms with van der Waals surface area (Å²) in [6, 6.07) is 0. The number of aromatic nitrogens is 2. The van der Waals surface area contributed by atoms with Gasteiger partial charge in [0.1, 0.15) is 5.00 Å². The van der Waals surface area contributed by atoms with Crippen molar-refractivity contribution in [2.75, 3.05) is 25.6 Å². The molecule has 0 aromatic carbocycles. The SMILES string of the molecule is CCOC(=O)N1CCc2c(sc(NC(=O)c3nn(C)cc3C)c2C(=O)OC)C1. The molecule has 9 nitrogen and oxygen atoms in total. The van der Waals surface area contributed by atoms with E-state index in [1.807, 2.05) is 0 Å². The average Bonchev–Trinajstić information content (AvgIpc) is 3.19. The minimum absolute atomic E-state index is 0.290. The fraction of sp³-hybridized carbons (Fsp3) is 0.444. The number of esters is 1. The fourth-order valence-electron chi connectivity index (χ4n) is 3.17. The molecule has 0 bridgehead atoms. The summed E-state index contributed by atoms with van der Waals surface area (Å²) in [6.07, 6.45) is 1.83. The molecule has 1 N–H and O–H groups in total. The van der Waals surface area contributed by atoms with Gasteiger partial charge in [-0.25, -0.2) is 9.59 Å². The monoisotopic (exact) mass is 406 g/mol. The molecule has 1 aliphatic rings. The Hall–Kier alpha value is -2.88. The van der Waals surface area contributed by atoms with Crippen molar-refractivity contribution in [1.82, 2.24) is 14.7 Å². The Morgan fingerprint density at radius 3 is 2.71 bits per heavy atom. The van der Waals surface area contributed by atoms with E-state index in [9.17, 15) is 14.4 Å². The van der Waals surface area contributed by atoms with Crippen molar-refractivity contribution in [2.24, 2.45) is 7.05 Å². The zero-order valence-electron chi connectivity index (χ0n) is 16.2. The molecule has 1 aliphatic heterocycles. The topological polar surface area (TPSA) is 103 Å². The highest BCUT2D eigenvalue weighted by atomic mass is 32.1. The summed E-state index contributed by atoms with van der Waals surface area (Å²) in [5.74, 6) is -0.917. The quantitative estimate of drug-likeness (QED) is 0.782. The molecule has 0 atom stereocenters. The first-order valence-electron chi connectivity index (χ1n) is 8.81. The van der Waals surface area contributed by atoms with Crippen molar-refractivity contribution in [3.05, 3.63) is 33.5 Å². The van der Waals surface area contributed by atoms with Crippen LogP contribution in [-0.4, -0.2) is 52.9 Å². The van der Waals surface area contributed by atoms with Gasteiger partial charge in [-0.15, -0.1) is 11.3 Å². The molecule has 3 heterocycles. The Labute approximate surface area is 166 Å². The maximum absolute atomic E-state index is 12.7. The predicted molar refractivity (Wildman–Crippen MR) is 103 cm³/mol. The number of anilines is 1. The van der Waals surface area contributed by atoms with Gasteiger partial charge in [0.2, 0.25) is 0 Å². The highest BCUT2D eigenvalue weighted by Crippen LogP contribution is 2.38. The summed E-state index contributed by atoms with van der Waals surface area (Å²) < 4.78 is 11.5. The van der Waals surface area contributed by atoms with E-state index in [0.717, 1.165) is 16.0 Å². The second-order valence-corrected chi connectivity index (χ2v) is 7.46. The largest absolute Gasteiger partial charge is 0.465 e. The first-order valence-corrected chi connectivity index (χ1v) is 9.63. The minimum atomic E-state index is -0.518. The molecule has 10 heteroatoms. The highest BCUT2D eigenvalue weighted by Gasteiger charge is 2.31. The Morgan fingerprint density at radius 2 is 2.11 bits per heavy atom. The van der Waals surface area contributed by atoms with E-state index in [1.54, 1.807) is 36.7 Å². The van der Waals surface area contributed by atoms with Crippen LogP contribution in [0.4, 0.5) is 9.80 Å². The van der Waals surface area contributed by atoms with Gasteiger partial charge in [-0.05, 0) is 25.8 Å². The standard InChI is InChI=1S/C18H22N4O5S/c1-5-27-18(25)22-7-6-11-12(9-22)28-16(13(11)17(24)26-4)19-15(23)14-10(2)8-21(3)20-14/h8H,5-7,9H2,1-4H3,(H,19,23). The second kappa shape index (κ2) is 8.01. The smallest absolute Gasteiger partial charge is 0.410 e. The summed E-state index contributed by atoms with van der Waals surface area (Å²) in [7, 11) is 3.03. The van der Waals surface area contributed by atoms with Crippen molar-refractivity contribution in [3.8, 4) is 0 Å². The molecule has 2 amide bonds. The zero-order valence-corrected chi connectivity index (χ0v) is 17.0. The van der Waals surface area contributed by atoms with Gasteiger partial charge in [0.15, 0.2) is 5.69 Å². The number of hydrogen-bond donors (Lipinski definition) is 1. The molecule has 0 fully saturated rings. The van der Waals surface area contributed by atoms with Crippen molar-refractivity contribution in [3.63, 3.8) is 0 Å². The lowest BCUT2D eigenvalue weighted by Gasteiger charge is -2.26. The maximum Gasteiger partial charge on any atom is 0.410 e. The summed E-state index contributed by atoms with van der Waals surface area (Å²) in [5, 5.41) is 7.35. The Morgan fingerprint density at radius 1 is 1.36 bits per heavy atom.